The Labute approximate surface area is 119 Å². The highest BCUT2D eigenvalue weighted by Gasteiger charge is 2.24. The third-order valence-corrected chi connectivity index (χ3v) is 2.98. The maximum absolute atomic E-state index is 11.8. The van der Waals surface area contributed by atoms with Crippen molar-refractivity contribution >= 4 is 17.9 Å². The molecule has 0 bridgehead atoms. The summed E-state index contributed by atoms with van der Waals surface area (Å²) in [7, 11) is 1.66. The van der Waals surface area contributed by atoms with Gasteiger partial charge in [0.2, 0.25) is 5.91 Å². The van der Waals surface area contributed by atoms with E-state index in [2.05, 4.69) is 10.6 Å². The number of urea groups is 1. The van der Waals surface area contributed by atoms with Crippen LogP contribution >= 0.6 is 0 Å². The summed E-state index contributed by atoms with van der Waals surface area (Å²) in [6, 6.07) is -1.11. The smallest absolute Gasteiger partial charge is 0.315 e. The molecule has 0 radical (unpaired) electrons. The molecule has 7 nitrogen and oxygen atoms in total. The SMILES string of the molecule is CCN(C)C(=O)C(C)NC(=O)NC(C)(C)CCC(=O)O. The predicted octanol–water partition coefficient (Wildman–Crippen LogP) is 0.796. The summed E-state index contributed by atoms with van der Waals surface area (Å²) in [5.74, 6) is -1.08. The molecule has 0 aliphatic carbocycles. The van der Waals surface area contributed by atoms with Crippen molar-refractivity contribution < 1.29 is 19.5 Å². The summed E-state index contributed by atoms with van der Waals surface area (Å²) in [5, 5.41) is 13.9. The first kappa shape index (κ1) is 18.2. The highest BCUT2D eigenvalue weighted by Crippen LogP contribution is 2.10. The monoisotopic (exact) mass is 287 g/mol. The molecule has 20 heavy (non-hydrogen) atoms. The standard InChI is InChI=1S/C13H25N3O4/c1-6-16(5)11(19)9(2)14-12(20)15-13(3,4)8-7-10(17)18/h9H,6-8H2,1-5H3,(H,17,18)(H2,14,15,20). The van der Waals surface area contributed by atoms with E-state index in [4.69, 9.17) is 5.11 Å². The molecule has 0 rings (SSSR count). The van der Waals surface area contributed by atoms with Crippen molar-refractivity contribution in [2.24, 2.45) is 0 Å². The number of carboxylic acid groups (broad SMARTS) is 1. The molecule has 7 heteroatoms. The van der Waals surface area contributed by atoms with Crippen LogP contribution in [0.2, 0.25) is 0 Å². The van der Waals surface area contributed by atoms with Crippen LogP contribution in [-0.2, 0) is 9.59 Å². The molecule has 0 fully saturated rings. The fourth-order valence-electron chi connectivity index (χ4n) is 1.57. The molecule has 0 aliphatic heterocycles. The van der Waals surface area contributed by atoms with Crippen LogP contribution in [0.3, 0.4) is 0 Å². The first-order valence-electron chi connectivity index (χ1n) is 6.64. The Hall–Kier alpha value is -1.79. The van der Waals surface area contributed by atoms with Crippen LogP contribution < -0.4 is 10.6 Å². The summed E-state index contributed by atoms with van der Waals surface area (Å²) < 4.78 is 0. The first-order chi connectivity index (χ1) is 9.09. The Morgan fingerprint density at radius 3 is 2.30 bits per heavy atom. The summed E-state index contributed by atoms with van der Waals surface area (Å²) in [4.78, 5) is 35.6. The second kappa shape index (κ2) is 7.72. The van der Waals surface area contributed by atoms with Crippen LogP contribution in [0.25, 0.3) is 0 Å². The van der Waals surface area contributed by atoms with Gasteiger partial charge in [-0.1, -0.05) is 0 Å². The third kappa shape index (κ3) is 6.96. The predicted molar refractivity (Wildman–Crippen MR) is 75.4 cm³/mol. The third-order valence-electron chi connectivity index (χ3n) is 2.98. The minimum atomic E-state index is -0.909. The van der Waals surface area contributed by atoms with Gasteiger partial charge in [-0.2, -0.15) is 0 Å². The second-order valence-corrected chi connectivity index (χ2v) is 5.45. The van der Waals surface area contributed by atoms with Gasteiger partial charge in [0.25, 0.3) is 0 Å². The number of carbonyl (C=O) groups excluding carboxylic acids is 2. The van der Waals surface area contributed by atoms with E-state index in [9.17, 15) is 14.4 Å². The summed E-state index contributed by atoms with van der Waals surface area (Å²) in [5.41, 5.74) is -0.651. The van der Waals surface area contributed by atoms with Crippen molar-refractivity contribution in [1.82, 2.24) is 15.5 Å². The minimum absolute atomic E-state index is 0.0274. The maximum atomic E-state index is 11.8. The number of amides is 3. The Kier molecular flexibility index (Phi) is 7.02. The number of likely N-dealkylation sites (N-methyl/N-ethyl adjacent to an activating group) is 1. The molecule has 0 saturated heterocycles. The topological polar surface area (TPSA) is 98.7 Å². The van der Waals surface area contributed by atoms with Crippen molar-refractivity contribution in [2.75, 3.05) is 13.6 Å². The first-order valence-corrected chi connectivity index (χ1v) is 6.64. The average molecular weight is 287 g/mol. The van der Waals surface area contributed by atoms with Crippen molar-refractivity contribution in [3.8, 4) is 0 Å². The maximum Gasteiger partial charge on any atom is 0.315 e. The van der Waals surface area contributed by atoms with Gasteiger partial charge in [-0.3, -0.25) is 9.59 Å². The van der Waals surface area contributed by atoms with Gasteiger partial charge in [0.1, 0.15) is 6.04 Å². The van der Waals surface area contributed by atoms with Crippen LogP contribution in [-0.4, -0.2) is 53.1 Å². The number of hydrogen-bond acceptors (Lipinski definition) is 3. The number of rotatable bonds is 7. The van der Waals surface area contributed by atoms with Crippen LogP contribution in [0.5, 0.6) is 0 Å². The quantitative estimate of drug-likeness (QED) is 0.645. The molecule has 1 atom stereocenters. The molecular formula is C13H25N3O4. The number of carbonyl (C=O) groups is 3. The van der Waals surface area contributed by atoms with Gasteiger partial charge in [-0.05, 0) is 34.1 Å². The lowest BCUT2D eigenvalue weighted by Crippen LogP contribution is -2.53. The van der Waals surface area contributed by atoms with Gasteiger partial charge in [0.15, 0.2) is 0 Å². The lowest BCUT2D eigenvalue weighted by atomic mass is 9.99. The van der Waals surface area contributed by atoms with Gasteiger partial charge in [-0.15, -0.1) is 0 Å². The van der Waals surface area contributed by atoms with Crippen molar-refractivity contribution in [3.63, 3.8) is 0 Å². The summed E-state index contributed by atoms with van der Waals surface area (Å²) in [6.07, 6.45) is 0.285. The Balaban J connectivity index is 4.34. The van der Waals surface area contributed by atoms with E-state index in [1.165, 1.54) is 4.90 Å². The minimum Gasteiger partial charge on any atom is -0.481 e. The van der Waals surface area contributed by atoms with Crippen molar-refractivity contribution in [3.05, 3.63) is 0 Å². The zero-order valence-electron chi connectivity index (χ0n) is 12.8. The highest BCUT2D eigenvalue weighted by molar-refractivity contribution is 5.86. The Morgan fingerprint density at radius 1 is 1.30 bits per heavy atom. The van der Waals surface area contributed by atoms with Gasteiger partial charge >= 0.3 is 12.0 Å². The van der Waals surface area contributed by atoms with Crippen LogP contribution in [0.1, 0.15) is 40.5 Å². The van der Waals surface area contributed by atoms with E-state index >= 15 is 0 Å². The van der Waals surface area contributed by atoms with Gasteiger partial charge in [-0.25, -0.2) is 4.79 Å². The highest BCUT2D eigenvalue weighted by atomic mass is 16.4. The number of hydrogen-bond donors (Lipinski definition) is 3. The number of aliphatic carboxylic acids is 1. The molecule has 3 N–H and O–H groups in total. The van der Waals surface area contributed by atoms with Crippen molar-refractivity contribution in [2.45, 2.75) is 52.1 Å². The molecule has 3 amide bonds. The number of nitrogens with zero attached hydrogens (tertiary/aromatic N) is 1. The Morgan fingerprint density at radius 2 is 1.85 bits per heavy atom. The fraction of sp³-hybridized carbons (Fsp3) is 0.769. The second-order valence-electron chi connectivity index (χ2n) is 5.45. The van der Waals surface area contributed by atoms with E-state index in [0.29, 0.717) is 13.0 Å². The molecule has 0 aromatic heterocycles. The fourth-order valence-corrected chi connectivity index (χ4v) is 1.57. The van der Waals surface area contributed by atoms with Gasteiger partial charge < -0.3 is 20.6 Å². The molecule has 116 valence electrons. The summed E-state index contributed by atoms with van der Waals surface area (Å²) in [6.45, 7) is 7.49. The number of nitrogens with one attached hydrogen (secondary N) is 2. The van der Waals surface area contributed by atoms with Crippen LogP contribution in [0, 0.1) is 0 Å². The molecule has 0 saturated carbocycles. The summed E-state index contributed by atoms with van der Waals surface area (Å²) >= 11 is 0. The zero-order chi connectivity index (χ0) is 15.9. The lowest BCUT2D eigenvalue weighted by molar-refractivity contribution is -0.137. The average Bonchev–Trinajstić information content (AvgIpc) is 2.33. The molecule has 0 aromatic carbocycles. The van der Waals surface area contributed by atoms with E-state index in [1.807, 2.05) is 6.92 Å². The van der Waals surface area contributed by atoms with E-state index < -0.39 is 23.6 Å². The normalized spacial score (nSPS) is 12.4. The van der Waals surface area contributed by atoms with E-state index in [1.54, 1.807) is 27.8 Å². The van der Waals surface area contributed by atoms with Gasteiger partial charge in [0.05, 0.1) is 0 Å². The van der Waals surface area contributed by atoms with Crippen LogP contribution in [0.4, 0.5) is 4.79 Å². The largest absolute Gasteiger partial charge is 0.481 e. The molecule has 0 heterocycles. The number of carboxylic acids is 1. The van der Waals surface area contributed by atoms with Gasteiger partial charge in [0, 0.05) is 25.6 Å². The van der Waals surface area contributed by atoms with Crippen LogP contribution in [0.15, 0.2) is 0 Å². The molecule has 1 unspecified atom stereocenters. The molecule has 0 spiro atoms. The molecule has 0 aliphatic rings. The molecule has 0 aromatic rings. The van der Waals surface area contributed by atoms with Crippen molar-refractivity contribution in [1.29, 1.82) is 0 Å². The Bertz CT molecular complexity index is 369. The van der Waals surface area contributed by atoms with E-state index in [-0.39, 0.29) is 12.3 Å². The molecular weight excluding hydrogens is 262 g/mol. The lowest BCUT2D eigenvalue weighted by Gasteiger charge is -2.27. The zero-order valence-corrected chi connectivity index (χ0v) is 12.8. The van der Waals surface area contributed by atoms with E-state index in [0.717, 1.165) is 0 Å².